The van der Waals surface area contributed by atoms with Crippen LogP contribution in [0, 0.1) is 11.3 Å². The maximum Gasteiger partial charge on any atom is 0.144 e. The Morgan fingerprint density at radius 2 is 1.92 bits per heavy atom. The topological polar surface area (TPSA) is 29.1 Å². The minimum absolute atomic E-state index is 0.00495. The third-order valence-corrected chi connectivity index (χ3v) is 3.35. The molecular weight excluding hydrogens is 150 g/mol. The normalized spacial score (nSPS) is 28.4. The van der Waals surface area contributed by atoms with Crippen molar-refractivity contribution in [1.82, 2.24) is 5.32 Å². The lowest BCUT2D eigenvalue weighted by molar-refractivity contribution is -0.134. The standard InChI is InChI=1S/C10H17NO/c1-10(6-11-7-10)9(12)8-4-2-3-5-8/h8,11H,2-7H2,1H3. The van der Waals surface area contributed by atoms with Crippen LogP contribution in [0.5, 0.6) is 0 Å². The van der Waals surface area contributed by atoms with Crippen molar-refractivity contribution < 1.29 is 4.79 Å². The van der Waals surface area contributed by atoms with Crippen molar-refractivity contribution in [3.05, 3.63) is 0 Å². The van der Waals surface area contributed by atoms with Crippen molar-refractivity contribution in [2.45, 2.75) is 32.6 Å². The van der Waals surface area contributed by atoms with Crippen molar-refractivity contribution in [1.29, 1.82) is 0 Å². The number of Topliss-reactive ketones (excluding diaryl/α,β-unsaturated/α-hetero) is 1. The van der Waals surface area contributed by atoms with E-state index in [0.717, 1.165) is 25.9 Å². The molecule has 0 aromatic rings. The highest BCUT2D eigenvalue weighted by Crippen LogP contribution is 2.34. The molecule has 0 bridgehead atoms. The SMILES string of the molecule is CC1(C(=O)C2CCCC2)CNC1. The highest BCUT2D eigenvalue weighted by molar-refractivity contribution is 5.88. The van der Waals surface area contributed by atoms with E-state index in [4.69, 9.17) is 0 Å². The van der Waals surface area contributed by atoms with Crippen molar-refractivity contribution in [2.75, 3.05) is 13.1 Å². The number of nitrogens with one attached hydrogen (secondary N) is 1. The molecule has 1 aliphatic carbocycles. The number of carbonyl (C=O) groups is 1. The lowest BCUT2D eigenvalue weighted by Crippen LogP contribution is -2.57. The molecule has 1 saturated carbocycles. The summed E-state index contributed by atoms with van der Waals surface area (Å²) in [7, 11) is 0. The van der Waals surface area contributed by atoms with E-state index in [1.807, 2.05) is 0 Å². The molecule has 1 saturated heterocycles. The van der Waals surface area contributed by atoms with E-state index in [2.05, 4.69) is 12.2 Å². The van der Waals surface area contributed by atoms with Crippen LogP contribution < -0.4 is 5.32 Å². The van der Waals surface area contributed by atoms with Gasteiger partial charge in [0.1, 0.15) is 5.78 Å². The molecule has 1 heterocycles. The number of ketones is 1. The predicted octanol–water partition coefficient (Wildman–Crippen LogP) is 1.36. The first-order valence-electron chi connectivity index (χ1n) is 4.97. The largest absolute Gasteiger partial charge is 0.315 e. The fraction of sp³-hybridized carbons (Fsp3) is 0.900. The first kappa shape index (κ1) is 8.24. The number of carbonyl (C=O) groups excluding carboxylic acids is 1. The molecule has 0 aromatic carbocycles. The van der Waals surface area contributed by atoms with Gasteiger partial charge in [-0.25, -0.2) is 0 Å². The third-order valence-electron chi connectivity index (χ3n) is 3.35. The molecule has 2 rings (SSSR count). The molecule has 1 aliphatic heterocycles. The van der Waals surface area contributed by atoms with Gasteiger partial charge in [0.05, 0.1) is 5.41 Å². The Bertz CT molecular complexity index is 190. The number of rotatable bonds is 2. The molecule has 2 nitrogen and oxygen atoms in total. The van der Waals surface area contributed by atoms with Gasteiger partial charge in [0.25, 0.3) is 0 Å². The van der Waals surface area contributed by atoms with Crippen molar-refractivity contribution >= 4 is 5.78 Å². The van der Waals surface area contributed by atoms with E-state index in [1.54, 1.807) is 0 Å². The highest BCUT2D eigenvalue weighted by atomic mass is 16.1. The molecule has 12 heavy (non-hydrogen) atoms. The van der Waals surface area contributed by atoms with Gasteiger partial charge in [-0.1, -0.05) is 19.8 Å². The van der Waals surface area contributed by atoms with Crippen LogP contribution in [0.3, 0.4) is 0 Å². The first-order chi connectivity index (χ1) is 5.72. The fourth-order valence-electron chi connectivity index (χ4n) is 2.36. The van der Waals surface area contributed by atoms with E-state index in [9.17, 15) is 4.79 Å². The molecule has 0 atom stereocenters. The zero-order valence-electron chi connectivity index (χ0n) is 7.73. The summed E-state index contributed by atoms with van der Waals surface area (Å²) in [5.41, 5.74) is -0.00495. The highest BCUT2D eigenvalue weighted by Gasteiger charge is 2.42. The van der Waals surface area contributed by atoms with E-state index in [-0.39, 0.29) is 5.41 Å². The van der Waals surface area contributed by atoms with E-state index < -0.39 is 0 Å². The molecule has 0 spiro atoms. The zero-order chi connectivity index (χ0) is 8.60. The molecule has 0 radical (unpaired) electrons. The van der Waals surface area contributed by atoms with Gasteiger partial charge in [-0.05, 0) is 12.8 Å². The van der Waals surface area contributed by atoms with Gasteiger partial charge in [0, 0.05) is 19.0 Å². The van der Waals surface area contributed by atoms with Crippen molar-refractivity contribution in [3.63, 3.8) is 0 Å². The summed E-state index contributed by atoms with van der Waals surface area (Å²) in [5, 5.41) is 3.19. The smallest absolute Gasteiger partial charge is 0.144 e. The van der Waals surface area contributed by atoms with Gasteiger partial charge in [-0.3, -0.25) is 4.79 Å². The molecule has 0 aromatic heterocycles. The van der Waals surface area contributed by atoms with Crippen molar-refractivity contribution in [2.24, 2.45) is 11.3 Å². The minimum atomic E-state index is -0.00495. The first-order valence-corrected chi connectivity index (χ1v) is 4.97. The molecule has 1 N–H and O–H groups in total. The Hall–Kier alpha value is -0.370. The van der Waals surface area contributed by atoms with Crippen LogP contribution >= 0.6 is 0 Å². The number of hydrogen-bond donors (Lipinski definition) is 1. The Labute approximate surface area is 73.7 Å². The Balaban J connectivity index is 1.98. The quantitative estimate of drug-likeness (QED) is 0.672. The van der Waals surface area contributed by atoms with Crippen LogP contribution in [0.15, 0.2) is 0 Å². The van der Waals surface area contributed by atoms with Gasteiger partial charge >= 0.3 is 0 Å². The van der Waals surface area contributed by atoms with Crippen LogP contribution in [0.1, 0.15) is 32.6 Å². The molecule has 2 aliphatic rings. The van der Waals surface area contributed by atoms with Crippen LogP contribution in [0.4, 0.5) is 0 Å². The molecule has 68 valence electrons. The van der Waals surface area contributed by atoms with E-state index >= 15 is 0 Å². The van der Waals surface area contributed by atoms with E-state index in [1.165, 1.54) is 12.8 Å². The van der Waals surface area contributed by atoms with Crippen LogP contribution in [-0.2, 0) is 4.79 Å². The van der Waals surface area contributed by atoms with Crippen molar-refractivity contribution in [3.8, 4) is 0 Å². The van der Waals surface area contributed by atoms with Gasteiger partial charge < -0.3 is 5.32 Å². The second kappa shape index (κ2) is 2.84. The molecule has 0 amide bonds. The van der Waals surface area contributed by atoms with Crippen LogP contribution in [0.25, 0.3) is 0 Å². The maximum absolute atomic E-state index is 11.9. The monoisotopic (exact) mass is 167 g/mol. The van der Waals surface area contributed by atoms with Crippen LogP contribution in [0.2, 0.25) is 0 Å². The summed E-state index contributed by atoms with van der Waals surface area (Å²) in [6.45, 7) is 3.91. The zero-order valence-corrected chi connectivity index (χ0v) is 7.73. The average molecular weight is 167 g/mol. The minimum Gasteiger partial charge on any atom is -0.315 e. The summed E-state index contributed by atoms with van der Waals surface area (Å²) in [5.74, 6) is 0.927. The summed E-state index contributed by atoms with van der Waals surface area (Å²) >= 11 is 0. The molecule has 2 fully saturated rings. The Morgan fingerprint density at radius 3 is 2.33 bits per heavy atom. The van der Waals surface area contributed by atoms with Gasteiger partial charge in [0.2, 0.25) is 0 Å². The predicted molar refractivity (Wildman–Crippen MR) is 47.9 cm³/mol. The van der Waals surface area contributed by atoms with Gasteiger partial charge in [-0.2, -0.15) is 0 Å². The fourth-order valence-corrected chi connectivity index (χ4v) is 2.36. The van der Waals surface area contributed by atoms with Crippen LogP contribution in [-0.4, -0.2) is 18.9 Å². The second-order valence-electron chi connectivity index (χ2n) is 4.51. The summed E-state index contributed by atoms with van der Waals surface area (Å²) in [4.78, 5) is 11.9. The summed E-state index contributed by atoms with van der Waals surface area (Å²) in [6.07, 6.45) is 4.82. The molecule has 0 unspecified atom stereocenters. The van der Waals surface area contributed by atoms with Gasteiger partial charge in [0.15, 0.2) is 0 Å². The summed E-state index contributed by atoms with van der Waals surface area (Å²) < 4.78 is 0. The Kier molecular flexibility index (Phi) is 1.95. The molecule has 2 heteroatoms. The lowest BCUT2D eigenvalue weighted by atomic mass is 9.74. The summed E-state index contributed by atoms with van der Waals surface area (Å²) in [6, 6.07) is 0. The second-order valence-corrected chi connectivity index (χ2v) is 4.51. The lowest BCUT2D eigenvalue weighted by Gasteiger charge is -2.39. The maximum atomic E-state index is 11.9. The van der Waals surface area contributed by atoms with E-state index in [0.29, 0.717) is 11.7 Å². The third kappa shape index (κ3) is 1.18. The number of hydrogen-bond acceptors (Lipinski definition) is 2. The average Bonchev–Trinajstić information content (AvgIpc) is 2.50. The van der Waals surface area contributed by atoms with Gasteiger partial charge in [-0.15, -0.1) is 0 Å². The Morgan fingerprint density at radius 1 is 1.33 bits per heavy atom. The molecular formula is C10H17NO.